The molecule has 0 fully saturated rings. The molecule has 1 unspecified atom stereocenters. The molecule has 0 saturated carbocycles. The van der Waals surface area contributed by atoms with E-state index in [0.29, 0.717) is 29.7 Å². The largest absolute Gasteiger partial charge is 0.511 e. The number of hydrogen-bond donors (Lipinski definition) is 1. The average Bonchev–Trinajstić information content (AvgIpc) is 2.75. The van der Waals surface area contributed by atoms with Gasteiger partial charge in [-0.25, -0.2) is 9.59 Å². The van der Waals surface area contributed by atoms with Crippen molar-refractivity contribution in [3.63, 3.8) is 0 Å². The highest BCUT2D eigenvalue weighted by molar-refractivity contribution is 6.10. The van der Waals surface area contributed by atoms with Crippen molar-refractivity contribution in [3.8, 4) is 0 Å². The number of benzene rings is 2. The predicted octanol–water partition coefficient (Wildman–Crippen LogP) is 5.48. The Hall–Kier alpha value is -3.41. The van der Waals surface area contributed by atoms with E-state index >= 15 is 0 Å². The maximum Gasteiger partial charge on any atom is 0.343 e. The molecule has 1 atom stereocenters. The lowest BCUT2D eigenvalue weighted by molar-refractivity contribution is -0.138. The molecule has 0 aliphatic carbocycles. The third-order valence-electron chi connectivity index (χ3n) is 4.29. The Kier molecular flexibility index (Phi) is 8.81. The number of aliphatic imine (C=N–C) groups is 1. The molecular weight excluding hydrogens is 382 g/mol. The normalized spacial score (nSPS) is 12.9. The van der Waals surface area contributed by atoms with E-state index in [2.05, 4.69) is 4.99 Å². The van der Waals surface area contributed by atoms with Crippen molar-refractivity contribution < 1.29 is 24.2 Å². The molecule has 0 amide bonds. The number of nitrogens with zero attached hydrogens (tertiary/aromatic N) is 1. The van der Waals surface area contributed by atoms with Crippen molar-refractivity contribution in [2.24, 2.45) is 4.99 Å². The van der Waals surface area contributed by atoms with E-state index in [1.165, 1.54) is 6.21 Å². The van der Waals surface area contributed by atoms with Crippen LogP contribution in [0.25, 0.3) is 0 Å². The number of ether oxygens (including phenoxy) is 2. The third-order valence-corrected chi connectivity index (χ3v) is 4.29. The minimum Gasteiger partial charge on any atom is -0.511 e. The van der Waals surface area contributed by atoms with Crippen molar-refractivity contribution in [2.45, 2.75) is 39.7 Å². The third kappa shape index (κ3) is 6.30. The second-order valence-corrected chi connectivity index (χ2v) is 6.56. The van der Waals surface area contributed by atoms with E-state index < -0.39 is 18.0 Å². The minimum absolute atomic E-state index is 0.0161. The molecule has 0 aliphatic heterocycles. The summed E-state index contributed by atoms with van der Waals surface area (Å²) < 4.78 is 10.6. The van der Waals surface area contributed by atoms with Crippen molar-refractivity contribution in [3.05, 3.63) is 77.1 Å². The zero-order chi connectivity index (χ0) is 21.9. The van der Waals surface area contributed by atoms with Crippen LogP contribution < -0.4 is 0 Å². The summed E-state index contributed by atoms with van der Waals surface area (Å²) in [7, 11) is 0. The zero-order valence-electron chi connectivity index (χ0n) is 17.5. The van der Waals surface area contributed by atoms with Gasteiger partial charge >= 0.3 is 11.9 Å². The van der Waals surface area contributed by atoms with Crippen LogP contribution in [-0.4, -0.2) is 29.9 Å². The summed E-state index contributed by atoms with van der Waals surface area (Å²) in [4.78, 5) is 28.9. The fourth-order valence-electron chi connectivity index (χ4n) is 2.77. The summed E-state index contributed by atoms with van der Waals surface area (Å²) in [5, 5.41) is 10.2. The molecule has 0 radical (unpaired) electrons. The lowest BCUT2D eigenvalue weighted by Gasteiger charge is -2.15. The van der Waals surface area contributed by atoms with Crippen LogP contribution in [0, 0.1) is 0 Å². The van der Waals surface area contributed by atoms with Gasteiger partial charge in [0.15, 0.2) is 0 Å². The summed E-state index contributed by atoms with van der Waals surface area (Å²) in [5.41, 5.74) is 1.68. The average molecular weight is 409 g/mol. The first-order valence-corrected chi connectivity index (χ1v) is 9.96. The van der Waals surface area contributed by atoms with Crippen LogP contribution in [0.5, 0.6) is 0 Å². The van der Waals surface area contributed by atoms with E-state index in [1.807, 2.05) is 19.1 Å². The Balaban J connectivity index is 2.27. The lowest BCUT2D eigenvalue weighted by atomic mass is 10.1. The highest BCUT2D eigenvalue weighted by Gasteiger charge is 2.18. The molecular formula is C24H27NO5. The molecule has 2 aromatic rings. The summed E-state index contributed by atoms with van der Waals surface area (Å²) in [6, 6.07) is 15.9. The Labute approximate surface area is 176 Å². The van der Waals surface area contributed by atoms with Crippen molar-refractivity contribution in [1.29, 1.82) is 0 Å². The molecule has 2 aromatic carbocycles. The second kappa shape index (κ2) is 11.6. The molecule has 30 heavy (non-hydrogen) atoms. The summed E-state index contributed by atoms with van der Waals surface area (Å²) >= 11 is 0. The highest BCUT2D eigenvalue weighted by atomic mass is 16.5. The van der Waals surface area contributed by atoms with E-state index in [0.717, 1.165) is 0 Å². The van der Waals surface area contributed by atoms with Crippen LogP contribution in [0.4, 0.5) is 5.69 Å². The second-order valence-electron chi connectivity index (χ2n) is 6.56. The van der Waals surface area contributed by atoms with Gasteiger partial charge in [-0.2, -0.15) is 0 Å². The standard InChI is InChI=1S/C24H27NO5/c1-4-11-22(26)20(24(28)29-5-2)16-25-21-15-10-9-14-19(21)17(3)30-23(27)18-12-7-6-8-13-18/h6-10,12-17,26H,4-5,11H2,1-3H3/b22-20-,25-16?. The number of carbonyl (C=O) groups excluding carboxylic acids is 2. The van der Waals surface area contributed by atoms with Crippen LogP contribution >= 0.6 is 0 Å². The fourth-order valence-corrected chi connectivity index (χ4v) is 2.77. The Morgan fingerprint density at radius 3 is 2.40 bits per heavy atom. The minimum atomic E-state index is -0.631. The van der Waals surface area contributed by atoms with Crippen LogP contribution in [-0.2, 0) is 14.3 Å². The van der Waals surface area contributed by atoms with Gasteiger partial charge in [0.1, 0.15) is 17.4 Å². The maximum absolute atomic E-state index is 12.4. The van der Waals surface area contributed by atoms with Gasteiger partial charge in [-0.15, -0.1) is 0 Å². The molecule has 0 aliphatic rings. The molecule has 0 bridgehead atoms. The quantitative estimate of drug-likeness (QED) is 0.256. The molecule has 6 nitrogen and oxygen atoms in total. The maximum atomic E-state index is 12.4. The van der Waals surface area contributed by atoms with Gasteiger partial charge in [0.05, 0.1) is 17.9 Å². The van der Waals surface area contributed by atoms with Crippen molar-refractivity contribution in [2.75, 3.05) is 6.61 Å². The summed E-state index contributed by atoms with van der Waals surface area (Å²) in [6.07, 6.45) is 1.75. The van der Waals surface area contributed by atoms with Crippen LogP contribution in [0.15, 0.2) is 70.9 Å². The topological polar surface area (TPSA) is 85.2 Å². The van der Waals surface area contributed by atoms with E-state index in [4.69, 9.17) is 9.47 Å². The van der Waals surface area contributed by atoms with Gasteiger partial charge < -0.3 is 14.6 Å². The first-order valence-electron chi connectivity index (χ1n) is 9.96. The monoisotopic (exact) mass is 409 g/mol. The first kappa shape index (κ1) is 22.9. The number of aliphatic hydroxyl groups excluding tert-OH is 1. The molecule has 0 saturated heterocycles. The number of carbonyl (C=O) groups is 2. The van der Waals surface area contributed by atoms with Gasteiger partial charge in [-0.3, -0.25) is 4.99 Å². The number of hydrogen-bond acceptors (Lipinski definition) is 6. The van der Waals surface area contributed by atoms with Gasteiger partial charge in [-0.05, 0) is 38.5 Å². The SMILES string of the molecule is CCC/C(O)=C(\C=Nc1ccccc1C(C)OC(=O)c1ccccc1)C(=O)OCC. The van der Waals surface area contributed by atoms with Crippen LogP contribution in [0.3, 0.4) is 0 Å². The number of aliphatic hydroxyl groups is 1. The molecule has 158 valence electrons. The molecule has 2 rings (SSSR count). The Morgan fingerprint density at radius 1 is 1.07 bits per heavy atom. The van der Waals surface area contributed by atoms with Gasteiger partial charge in [-0.1, -0.05) is 43.3 Å². The van der Waals surface area contributed by atoms with Gasteiger partial charge in [0, 0.05) is 18.2 Å². The van der Waals surface area contributed by atoms with Gasteiger partial charge in [0.25, 0.3) is 0 Å². The smallest absolute Gasteiger partial charge is 0.343 e. The number of rotatable bonds is 9. The first-order chi connectivity index (χ1) is 14.5. The highest BCUT2D eigenvalue weighted by Crippen LogP contribution is 2.28. The predicted molar refractivity (Wildman–Crippen MR) is 116 cm³/mol. The van der Waals surface area contributed by atoms with Crippen molar-refractivity contribution >= 4 is 23.8 Å². The lowest BCUT2D eigenvalue weighted by Crippen LogP contribution is -2.12. The molecule has 1 N–H and O–H groups in total. The fraction of sp³-hybridized carbons (Fsp3) is 0.292. The van der Waals surface area contributed by atoms with Crippen molar-refractivity contribution in [1.82, 2.24) is 0 Å². The molecule has 6 heteroatoms. The molecule has 0 spiro atoms. The Morgan fingerprint density at radius 2 is 1.73 bits per heavy atom. The van der Waals surface area contributed by atoms with Gasteiger partial charge in [0.2, 0.25) is 0 Å². The summed E-state index contributed by atoms with van der Waals surface area (Å²) in [6.45, 7) is 5.54. The number of para-hydroxylation sites is 1. The number of esters is 2. The molecule has 0 aromatic heterocycles. The van der Waals surface area contributed by atoms with Crippen LogP contribution in [0.1, 0.15) is 55.6 Å². The number of allylic oxidation sites excluding steroid dienone is 1. The van der Waals surface area contributed by atoms with E-state index in [1.54, 1.807) is 56.3 Å². The van der Waals surface area contributed by atoms with Crippen LogP contribution in [0.2, 0.25) is 0 Å². The summed E-state index contributed by atoms with van der Waals surface area (Å²) in [5.74, 6) is -1.14. The Bertz CT molecular complexity index is 918. The van der Waals surface area contributed by atoms with E-state index in [9.17, 15) is 14.7 Å². The van der Waals surface area contributed by atoms with E-state index in [-0.39, 0.29) is 17.9 Å². The zero-order valence-corrected chi connectivity index (χ0v) is 17.5. The molecule has 0 heterocycles.